The monoisotopic (exact) mass is 186 g/mol. The van der Waals surface area contributed by atoms with E-state index in [2.05, 4.69) is 0 Å². The second kappa shape index (κ2) is 4.24. The molecule has 1 aromatic rings. The van der Waals surface area contributed by atoms with Gasteiger partial charge in [-0.15, -0.1) is 0 Å². The average molecular weight is 187 g/mol. The van der Waals surface area contributed by atoms with E-state index < -0.39 is 5.82 Å². The molecule has 0 aromatic heterocycles. The number of aliphatic hydroxyl groups excluding tert-OH is 1. The molecule has 12 heavy (non-hydrogen) atoms. The summed E-state index contributed by atoms with van der Waals surface area (Å²) >= 11 is 5.52. The van der Waals surface area contributed by atoms with E-state index in [-0.39, 0.29) is 11.6 Å². The fraction of sp³-hybridized carbons (Fsp3) is 0.111. The third-order valence-electron chi connectivity index (χ3n) is 1.38. The molecule has 0 saturated carbocycles. The Bertz CT molecular complexity index is 297. The van der Waals surface area contributed by atoms with Crippen LogP contribution in [0.5, 0.6) is 0 Å². The van der Waals surface area contributed by atoms with Crippen molar-refractivity contribution in [2.75, 3.05) is 6.61 Å². The summed E-state index contributed by atoms with van der Waals surface area (Å²) < 4.78 is 13.1. The summed E-state index contributed by atoms with van der Waals surface area (Å²) in [7, 11) is 0. The van der Waals surface area contributed by atoms with E-state index >= 15 is 0 Å². The van der Waals surface area contributed by atoms with Gasteiger partial charge < -0.3 is 5.11 Å². The Morgan fingerprint density at radius 1 is 1.50 bits per heavy atom. The maximum atomic E-state index is 13.1. The predicted molar refractivity (Wildman–Crippen MR) is 47.5 cm³/mol. The van der Waals surface area contributed by atoms with Crippen molar-refractivity contribution in [3.8, 4) is 0 Å². The van der Waals surface area contributed by atoms with Crippen LogP contribution in [0.15, 0.2) is 24.3 Å². The van der Waals surface area contributed by atoms with Gasteiger partial charge in [-0.25, -0.2) is 4.39 Å². The molecule has 0 aliphatic carbocycles. The normalized spacial score (nSPS) is 10.9. The van der Waals surface area contributed by atoms with Gasteiger partial charge in [-0.2, -0.15) is 0 Å². The highest BCUT2D eigenvalue weighted by Gasteiger charge is 2.01. The average Bonchev–Trinajstić information content (AvgIpc) is 2.08. The highest BCUT2D eigenvalue weighted by molar-refractivity contribution is 6.30. The summed E-state index contributed by atoms with van der Waals surface area (Å²) in [5.41, 5.74) is 0.386. The Labute approximate surface area is 75.1 Å². The molecule has 1 aromatic carbocycles. The highest BCUT2D eigenvalue weighted by atomic mass is 35.5. The van der Waals surface area contributed by atoms with Gasteiger partial charge in [0, 0.05) is 5.56 Å². The summed E-state index contributed by atoms with van der Waals surface area (Å²) in [6, 6.07) is 4.73. The lowest BCUT2D eigenvalue weighted by Crippen LogP contribution is -1.83. The Morgan fingerprint density at radius 2 is 2.25 bits per heavy atom. The van der Waals surface area contributed by atoms with Gasteiger partial charge in [-0.05, 0) is 6.07 Å². The van der Waals surface area contributed by atoms with Crippen LogP contribution in [0.4, 0.5) is 4.39 Å². The van der Waals surface area contributed by atoms with Gasteiger partial charge >= 0.3 is 0 Å². The number of benzene rings is 1. The van der Waals surface area contributed by atoms with Crippen LogP contribution in [0.25, 0.3) is 6.08 Å². The molecular weight excluding hydrogens is 179 g/mol. The van der Waals surface area contributed by atoms with Gasteiger partial charge in [0.05, 0.1) is 11.6 Å². The zero-order valence-corrected chi connectivity index (χ0v) is 7.05. The molecule has 64 valence electrons. The minimum Gasteiger partial charge on any atom is -0.392 e. The van der Waals surface area contributed by atoms with Gasteiger partial charge in [-0.1, -0.05) is 35.9 Å². The van der Waals surface area contributed by atoms with Crippen LogP contribution < -0.4 is 0 Å². The number of rotatable bonds is 2. The lowest BCUT2D eigenvalue weighted by atomic mass is 10.2. The Balaban J connectivity index is 3.00. The number of halogens is 2. The van der Waals surface area contributed by atoms with Crippen molar-refractivity contribution in [2.45, 2.75) is 0 Å². The Hall–Kier alpha value is -0.860. The largest absolute Gasteiger partial charge is 0.392 e. The minimum absolute atomic E-state index is 0.0927. The molecule has 1 N–H and O–H groups in total. The molecule has 0 heterocycles. The molecule has 0 aliphatic rings. The van der Waals surface area contributed by atoms with E-state index in [1.807, 2.05) is 0 Å². The van der Waals surface area contributed by atoms with E-state index in [9.17, 15) is 4.39 Å². The summed E-state index contributed by atoms with van der Waals surface area (Å²) in [6.45, 7) is -0.105. The van der Waals surface area contributed by atoms with E-state index in [1.54, 1.807) is 12.1 Å². The van der Waals surface area contributed by atoms with Crippen molar-refractivity contribution in [3.63, 3.8) is 0 Å². The molecule has 0 bridgehead atoms. The van der Waals surface area contributed by atoms with Crippen LogP contribution in [-0.2, 0) is 0 Å². The standard InChI is InChI=1S/C9H8ClFO/c10-8-5-1-3-7(9(8)11)4-2-6-12/h1-5,12H,6H2. The highest BCUT2D eigenvalue weighted by Crippen LogP contribution is 2.18. The van der Waals surface area contributed by atoms with Gasteiger partial charge in [0.2, 0.25) is 0 Å². The summed E-state index contributed by atoms with van der Waals surface area (Å²) in [6.07, 6.45) is 2.94. The first-order chi connectivity index (χ1) is 5.75. The molecule has 0 fully saturated rings. The van der Waals surface area contributed by atoms with Crippen LogP contribution in [-0.4, -0.2) is 11.7 Å². The van der Waals surface area contributed by atoms with Crippen molar-refractivity contribution in [1.82, 2.24) is 0 Å². The molecule has 0 atom stereocenters. The van der Waals surface area contributed by atoms with Crippen molar-refractivity contribution in [2.24, 2.45) is 0 Å². The molecule has 1 nitrogen and oxygen atoms in total. The lowest BCUT2D eigenvalue weighted by Gasteiger charge is -1.97. The van der Waals surface area contributed by atoms with Crippen molar-refractivity contribution in [1.29, 1.82) is 0 Å². The second-order valence-electron chi connectivity index (χ2n) is 2.23. The SMILES string of the molecule is OCC=Cc1cccc(Cl)c1F. The quantitative estimate of drug-likeness (QED) is 0.753. The zero-order valence-electron chi connectivity index (χ0n) is 6.30. The summed E-state index contributed by atoms with van der Waals surface area (Å²) in [5, 5.41) is 8.54. The smallest absolute Gasteiger partial charge is 0.148 e. The first-order valence-corrected chi connectivity index (χ1v) is 3.85. The summed E-state index contributed by atoms with van der Waals surface area (Å²) in [5.74, 6) is -0.455. The van der Waals surface area contributed by atoms with E-state index in [1.165, 1.54) is 18.2 Å². The first-order valence-electron chi connectivity index (χ1n) is 3.47. The number of aliphatic hydroxyl groups is 1. The van der Waals surface area contributed by atoms with E-state index in [0.29, 0.717) is 5.56 Å². The Kier molecular flexibility index (Phi) is 3.26. The van der Waals surface area contributed by atoms with Gasteiger partial charge in [-0.3, -0.25) is 0 Å². The second-order valence-corrected chi connectivity index (χ2v) is 2.64. The maximum Gasteiger partial charge on any atom is 0.148 e. The molecule has 0 radical (unpaired) electrons. The third-order valence-corrected chi connectivity index (χ3v) is 1.68. The van der Waals surface area contributed by atoms with Gasteiger partial charge in [0.25, 0.3) is 0 Å². The Morgan fingerprint density at radius 3 is 2.92 bits per heavy atom. The molecule has 0 unspecified atom stereocenters. The van der Waals surface area contributed by atoms with Crippen LogP contribution in [0.2, 0.25) is 5.02 Å². The zero-order chi connectivity index (χ0) is 8.97. The van der Waals surface area contributed by atoms with E-state index in [4.69, 9.17) is 16.7 Å². The molecule has 0 saturated heterocycles. The van der Waals surface area contributed by atoms with Crippen LogP contribution in [0.1, 0.15) is 5.56 Å². The number of hydrogen-bond acceptors (Lipinski definition) is 1. The van der Waals surface area contributed by atoms with Crippen molar-refractivity contribution < 1.29 is 9.50 Å². The molecule has 0 spiro atoms. The van der Waals surface area contributed by atoms with E-state index in [0.717, 1.165) is 0 Å². The van der Waals surface area contributed by atoms with Crippen molar-refractivity contribution >= 4 is 17.7 Å². The van der Waals surface area contributed by atoms with Gasteiger partial charge in [0.15, 0.2) is 0 Å². The molecule has 0 amide bonds. The van der Waals surface area contributed by atoms with Gasteiger partial charge in [0.1, 0.15) is 5.82 Å². The summed E-state index contributed by atoms with van der Waals surface area (Å²) in [4.78, 5) is 0. The minimum atomic E-state index is -0.455. The topological polar surface area (TPSA) is 20.2 Å². The first kappa shape index (κ1) is 9.23. The van der Waals surface area contributed by atoms with Crippen LogP contribution in [0.3, 0.4) is 0 Å². The fourth-order valence-electron chi connectivity index (χ4n) is 0.829. The molecule has 3 heteroatoms. The lowest BCUT2D eigenvalue weighted by molar-refractivity contribution is 0.343. The molecule has 1 rings (SSSR count). The van der Waals surface area contributed by atoms with Crippen molar-refractivity contribution in [3.05, 3.63) is 40.7 Å². The molecular formula is C9H8ClFO. The fourth-order valence-corrected chi connectivity index (χ4v) is 1.01. The molecule has 0 aliphatic heterocycles. The van der Waals surface area contributed by atoms with Crippen LogP contribution >= 0.6 is 11.6 Å². The number of hydrogen-bond donors (Lipinski definition) is 1. The van der Waals surface area contributed by atoms with Crippen LogP contribution in [0, 0.1) is 5.82 Å². The third kappa shape index (κ3) is 2.06. The maximum absolute atomic E-state index is 13.1. The predicted octanol–water partition coefficient (Wildman–Crippen LogP) is 2.48.